The molecule has 0 spiro atoms. The molecule has 0 aromatic heterocycles. The Morgan fingerprint density at radius 3 is 2.54 bits per heavy atom. The van der Waals surface area contributed by atoms with Crippen molar-refractivity contribution in [1.82, 2.24) is 0 Å². The summed E-state index contributed by atoms with van der Waals surface area (Å²) in [5, 5.41) is 0. The van der Waals surface area contributed by atoms with E-state index in [4.69, 9.17) is 19.9 Å². The Bertz CT molecular complexity index is 745. The number of benzene rings is 1. The van der Waals surface area contributed by atoms with Gasteiger partial charge >= 0.3 is 5.97 Å². The van der Waals surface area contributed by atoms with Crippen molar-refractivity contribution in [2.24, 2.45) is 5.73 Å². The zero-order valence-corrected chi connectivity index (χ0v) is 13.6. The van der Waals surface area contributed by atoms with E-state index in [1.165, 1.54) is 7.11 Å². The quantitative estimate of drug-likeness (QED) is 0.855. The average Bonchev–Trinajstić information content (AvgIpc) is 2.60. The Labute approximate surface area is 139 Å². The molecule has 6 nitrogen and oxygen atoms in total. The maximum atomic E-state index is 12.5. The summed E-state index contributed by atoms with van der Waals surface area (Å²) in [5.41, 5.74) is 7.41. The normalized spacial score (nSPS) is 20.4. The number of methoxy groups -OCH3 is 2. The van der Waals surface area contributed by atoms with Gasteiger partial charge in [0.25, 0.3) is 0 Å². The van der Waals surface area contributed by atoms with Crippen LogP contribution in [-0.2, 0) is 19.1 Å². The summed E-state index contributed by atoms with van der Waals surface area (Å²) in [6.07, 6.45) is 1.78. The molecule has 0 fully saturated rings. The Morgan fingerprint density at radius 2 is 1.92 bits per heavy atom. The number of hydrogen-bond donors (Lipinski definition) is 1. The molecule has 1 aromatic rings. The number of rotatable bonds is 3. The van der Waals surface area contributed by atoms with Gasteiger partial charge in [0, 0.05) is 18.4 Å². The second-order valence-electron chi connectivity index (χ2n) is 5.69. The van der Waals surface area contributed by atoms with Crippen LogP contribution < -0.4 is 10.5 Å². The van der Waals surface area contributed by atoms with Crippen LogP contribution in [0.25, 0.3) is 0 Å². The van der Waals surface area contributed by atoms with Gasteiger partial charge in [-0.15, -0.1) is 0 Å². The molecule has 0 radical (unpaired) electrons. The molecule has 1 aromatic carbocycles. The lowest BCUT2D eigenvalue weighted by molar-refractivity contribution is -0.136. The molecule has 1 heterocycles. The van der Waals surface area contributed by atoms with Gasteiger partial charge in [-0.2, -0.15) is 0 Å². The summed E-state index contributed by atoms with van der Waals surface area (Å²) in [6, 6.07) is 7.20. The maximum absolute atomic E-state index is 12.5. The van der Waals surface area contributed by atoms with Gasteiger partial charge in [0.05, 0.1) is 20.1 Å². The van der Waals surface area contributed by atoms with Gasteiger partial charge in [-0.1, -0.05) is 12.1 Å². The summed E-state index contributed by atoms with van der Waals surface area (Å²) < 4.78 is 15.6. The number of ether oxygens (including phenoxy) is 3. The number of nitrogens with two attached hydrogens (primary N) is 1. The van der Waals surface area contributed by atoms with Gasteiger partial charge in [0.2, 0.25) is 5.88 Å². The van der Waals surface area contributed by atoms with Crippen molar-refractivity contribution >= 4 is 11.8 Å². The van der Waals surface area contributed by atoms with Gasteiger partial charge in [-0.25, -0.2) is 4.79 Å². The van der Waals surface area contributed by atoms with Crippen LogP contribution in [0.4, 0.5) is 0 Å². The van der Waals surface area contributed by atoms with Crippen molar-refractivity contribution in [2.75, 3.05) is 14.2 Å². The molecule has 2 aliphatic rings. The highest BCUT2D eigenvalue weighted by atomic mass is 16.5. The van der Waals surface area contributed by atoms with E-state index in [-0.39, 0.29) is 17.2 Å². The number of Topliss-reactive ketones (excluding diaryl/α,β-unsaturated/α-hetero) is 1. The summed E-state index contributed by atoms with van der Waals surface area (Å²) in [5.74, 6) is 0.0315. The number of ketones is 1. The first-order valence-corrected chi connectivity index (χ1v) is 7.72. The first kappa shape index (κ1) is 16.1. The lowest BCUT2D eigenvalue weighted by atomic mass is 9.77. The molecular formula is C18H19NO5. The van der Waals surface area contributed by atoms with Gasteiger partial charge in [0.1, 0.15) is 17.1 Å². The first-order chi connectivity index (χ1) is 11.6. The number of carbonyl (C=O) groups excluding carboxylic acids is 2. The third-order valence-corrected chi connectivity index (χ3v) is 4.34. The van der Waals surface area contributed by atoms with Crippen LogP contribution in [0, 0.1) is 0 Å². The molecule has 0 unspecified atom stereocenters. The minimum atomic E-state index is -0.599. The number of carbonyl (C=O) groups is 2. The molecule has 3 rings (SSSR count). The topological polar surface area (TPSA) is 87.9 Å². The fourth-order valence-electron chi connectivity index (χ4n) is 3.19. The van der Waals surface area contributed by atoms with E-state index in [1.807, 2.05) is 12.1 Å². The standard InChI is InChI=1S/C18H19NO5/c1-22-11-8-6-10(7-9-11)14-15-12(20)4-3-5-13(15)24-17(19)16(14)18(21)23-2/h6-9,14H,3-5,19H2,1-2H3/t14-/m1/s1. The molecule has 0 saturated carbocycles. The van der Waals surface area contributed by atoms with Crippen molar-refractivity contribution in [2.45, 2.75) is 25.2 Å². The third-order valence-electron chi connectivity index (χ3n) is 4.34. The van der Waals surface area contributed by atoms with E-state index in [9.17, 15) is 9.59 Å². The summed E-state index contributed by atoms with van der Waals surface area (Å²) in [7, 11) is 2.85. The van der Waals surface area contributed by atoms with E-state index in [2.05, 4.69) is 0 Å². The maximum Gasteiger partial charge on any atom is 0.340 e. The molecule has 126 valence electrons. The van der Waals surface area contributed by atoms with Crippen LogP contribution in [0.1, 0.15) is 30.7 Å². The van der Waals surface area contributed by atoms with E-state index in [1.54, 1.807) is 19.2 Å². The summed E-state index contributed by atoms with van der Waals surface area (Å²) in [6.45, 7) is 0. The third kappa shape index (κ3) is 2.64. The molecule has 0 amide bonds. The molecule has 0 saturated heterocycles. The van der Waals surface area contributed by atoms with Crippen molar-refractivity contribution in [3.8, 4) is 5.75 Å². The smallest absolute Gasteiger partial charge is 0.340 e. The van der Waals surface area contributed by atoms with E-state index in [0.717, 1.165) is 5.56 Å². The molecule has 1 atom stereocenters. The van der Waals surface area contributed by atoms with Crippen LogP contribution >= 0.6 is 0 Å². The molecule has 1 aliphatic heterocycles. The zero-order chi connectivity index (χ0) is 17.3. The predicted molar refractivity (Wildman–Crippen MR) is 85.9 cm³/mol. The number of allylic oxidation sites excluding steroid dienone is 2. The SMILES string of the molecule is COC(=O)C1=C(N)OC2=C(C(=O)CCC2)[C@H]1c1ccc(OC)cc1. The molecule has 1 aliphatic carbocycles. The second-order valence-corrected chi connectivity index (χ2v) is 5.69. The number of hydrogen-bond acceptors (Lipinski definition) is 6. The van der Waals surface area contributed by atoms with E-state index >= 15 is 0 Å². The monoisotopic (exact) mass is 329 g/mol. The predicted octanol–water partition coefficient (Wildman–Crippen LogP) is 2.16. The minimum Gasteiger partial charge on any atom is -0.497 e. The largest absolute Gasteiger partial charge is 0.497 e. The highest BCUT2D eigenvalue weighted by molar-refractivity contribution is 6.03. The lowest BCUT2D eigenvalue weighted by Gasteiger charge is -2.32. The van der Waals surface area contributed by atoms with Crippen molar-refractivity contribution < 1.29 is 23.8 Å². The van der Waals surface area contributed by atoms with Crippen molar-refractivity contribution in [1.29, 1.82) is 0 Å². The van der Waals surface area contributed by atoms with Crippen LogP contribution in [-0.4, -0.2) is 26.0 Å². The Hall–Kier alpha value is -2.76. The Morgan fingerprint density at radius 1 is 1.21 bits per heavy atom. The van der Waals surface area contributed by atoms with Gasteiger partial charge in [-0.05, 0) is 24.1 Å². The van der Waals surface area contributed by atoms with Crippen LogP contribution in [0.15, 0.2) is 47.1 Å². The summed E-state index contributed by atoms with van der Waals surface area (Å²) >= 11 is 0. The van der Waals surface area contributed by atoms with Crippen LogP contribution in [0.5, 0.6) is 5.75 Å². The molecule has 6 heteroatoms. The van der Waals surface area contributed by atoms with Gasteiger partial charge in [0.15, 0.2) is 5.78 Å². The van der Waals surface area contributed by atoms with Gasteiger partial charge in [-0.3, -0.25) is 4.79 Å². The zero-order valence-electron chi connectivity index (χ0n) is 13.6. The fourth-order valence-corrected chi connectivity index (χ4v) is 3.19. The van der Waals surface area contributed by atoms with Crippen molar-refractivity contribution in [3.05, 3.63) is 52.6 Å². The minimum absolute atomic E-state index is 0.00359. The van der Waals surface area contributed by atoms with E-state index < -0.39 is 11.9 Å². The second kappa shape index (κ2) is 6.39. The number of esters is 1. The van der Waals surface area contributed by atoms with Gasteiger partial charge < -0.3 is 19.9 Å². The average molecular weight is 329 g/mol. The van der Waals surface area contributed by atoms with Crippen molar-refractivity contribution in [3.63, 3.8) is 0 Å². The first-order valence-electron chi connectivity index (χ1n) is 7.72. The fraction of sp³-hybridized carbons (Fsp3) is 0.333. The lowest BCUT2D eigenvalue weighted by Crippen LogP contribution is -2.31. The van der Waals surface area contributed by atoms with Crippen LogP contribution in [0.3, 0.4) is 0 Å². The highest BCUT2D eigenvalue weighted by Crippen LogP contribution is 2.44. The molecule has 24 heavy (non-hydrogen) atoms. The molecule has 0 bridgehead atoms. The molecular weight excluding hydrogens is 310 g/mol. The molecule has 2 N–H and O–H groups in total. The van der Waals surface area contributed by atoms with Crippen LogP contribution in [0.2, 0.25) is 0 Å². The summed E-state index contributed by atoms with van der Waals surface area (Å²) in [4.78, 5) is 24.8. The van der Waals surface area contributed by atoms with E-state index in [0.29, 0.717) is 36.3 Å². The highest BCUT2D eigenvalue weighted by Gasteiger charge is 2.40. The Kier molecular flexibility index (Phi) is 4.29. The Balaban J connectivity index is 2.15.